The van der Waals surface area contributed by atoms with Crippen LogP contribution in [0.3, 0.4) is 0 Å². The molecule has 0 unspecified atom stereocenters. The number of diazo groups is 1. The van der Waals surface area contributed by atoms with Gasteiger partial charge in [-0.1, -0.05) is 0 Å². The van der Waals surface area contributed by atoms with Crippen molar-refractivity contribution in [3.8, 4) is 5.75 Å². The van der Waals surface area contributed by atoms with Gasteiger partial charge in [0.2, 0.25) is 11.2 Å². The van der Waals surface area contributed by atoms with Gasteiger partial charge >= 0.3 is 5.08 Å². The first kappa shape index (κ1) is 14.0. The molecule has 7 nitrogen and oxygen atoms in total. The van der Waals surface area contributed by atoms with E-state index >= 15 is 0 Å². The summed E-state index contributed by atoms with van der Waals surface area (Å²) in [7, 11) is 5.24. The van der Waals surface area contributed by atoms with E-state index in [-0.39, 0.29) is 17.7 Å². The summed E-state index contributed by atoms with van der Waals surface area (Å²) in [6.45, 7) is 1.48. The SMILES string of the molecule is COc1coc(CN(CCN(C)C)[N+]#N)cc1=O. The molecule has 0 fully saturated rings. The molecule has 0 aliphatic carbocycles. The number of hydrogen-bond acceptors (Lipinski definition) is 6. The highest BCUT2D eigenvalue weighted by atomic mass is 16.5. The van der Waals surface area contributed by atoms with Crippen molar-refractivity contribution in [3.63, 3.8) is 0 Å². The van der Waals surface area contributed by atoms with Crippen LogP contribution in [0.15, 0.2) is 21.5 Å². The van der Waals surface area contributed by atoms with Crippen molar-refractivity contribution in [3.05, 3.63) is 33.4 Å². The molecule has 1 aromatic heterocycles. The van der Waals surface area contributed by atoms with Crippen molar-refractivity contribution < 1.29 is 9.15 Å². The standard InChI is InChI=1S/C11H17N4O3/c1-14(2)4-5-15(13-12)7-9-6-10(16)11(17-3)8-18-9/h6,8H,4-5,7H2,1-3H3/q+1. The van der Waals surface area contributed by atoms with E-state index in [2.05, 4.69) is 5.08 Å². The van der Waals surface area contributed by atoms with E-state index < -0.39 is 0 Å². The largest absolute Gasteiger partial charge is 0.490 e. The molecule has 0 saturated carbocycles. The van der Waals surface area contributed by atoms with Gasteiger partial charge in [0.1, 0.15) is 18.6 Å². The van der Waals surface area contributed by atoms with Gasteiger partial charge in [-0.2, -0.15) is 0 Å². The van der Waals surface area contributed by atoms with Gasteiger partial charge in [-0.3, -0.25) is 4.79 Å². The zero-order chi connectivity index (χ0) is 13.5. The Bertz CT molecular complexity index is 478. The Kier molecular flexibility index (Phi) is 5.14. The number of rotatable bonds is 6. The maximum absolute atomic E-state index is 11.5. The lowest BCUT2D eigenvalue weighted by Crippen LogP contribution is -2.27. The van der Waals surface area contributed by atoms with Gasteiger partial charge in [0.15, 0.2) is 6.54 Å². The molecule has 0 aliphatic rings. The molecule has 0 amide bonds. The average molecular weight is 253 g/mol. The topological polar surface area (TPSA) is 74.1 Å². The van der Waals surface area contributed by atoms with E-state index in [9.17, 15) is 4.79 Å². The Morgan fingerprint density at radius 2 is 2.17 bits per heavy atom. The Balaban J connectivity index is 2.68. The summed E-state index contributed by atoms with van der Waals surface area (Å²) in [5, 5.41) is 13.4. The first-order chi connectivity index (χ1) is 8.56. The minimum absolute atomic E-state index is 0.152. The summed E-state index contributed by atoms with van der Waals surface area (Å²) < 4.78 is 10.0. The first-order valence-electron chi connectivity index (χ1n) is 5.47. The van der Waals surface area contributed by atoms with Crippen LogP contribution in [0.5, 0.6) is 5.75 Å². The number of hydrogen-bond donors (Lipinski definition) is 0. The van der Waals surface area contributed by atoms with Crippen molar-refractivity contribution in [2.45, 2.75) is 6.54 Å². The monoisotopic (exact) mass is 253 g/mol. The van der Waals surface area contributed by atoms with Gasteiger partial charge in [0.05, 0.1) is 7.11 Å². The lowest BCUT2D eigenvalue weighted by Gasteiger charge is -2.09. The third-order valence-electron chi connectivity index (χ3n) is 2.34. The van der Waals surface area contributed by atoms with Gasteiger partial charge in [0, 0.05) is 12.6 Å². The highest BCUT2D eigenvalue weighted by Crippen LogP contribution is 2.08. The van der Waals surface area contributed by atoms with Gasteiger partial charge in [-0.25, -0.2) is 0 Å². The quantitative estimate of drug-likeness (QED) is 0.551. The van der Waals surface area contributed by atoms with Crippen LogP contribution < -0.4 is 10.2 Å². The molecule has 0 aromatic carbocycles. The molecule has 0 spiro atoms. The van der Waals surface area contributed by atoms with E-state index in [1.165, 1.54) is 24.4 Å². The zero-order valence-corrected chi connectivity index (χ0v) is 10.8. The number of likely N-dealkylation sites (N-methyl/N-ethyl adjacent to an activating group) is 1. The van der Waals surface area contributed by atoms with E-state index in [0.29, 0.717) is 12.3 Å². The summed E-state index contributed by atoms with van der Waals surface area (Å²) in [5.41, 5.74) is -0.260. The Morgan fingerprint density at radius 3 is 2.67 bits per heavy atom. The predicted molar refractivity (Wildman–Crippen MR) is 65.6 cm³/mol. The maximum Gasteiger partial charge on any atom is 0.305 e. The first-order valence-corrected chi connectivity index (χ1v) is 5.47. The summed E-state index contributed by atoms with van der Waals surface area (Å²) in [6, 6.07) is 1.33. The second-order valence-corrected chi connectivity index (χ2v) is 4.06. The summed E-state index contributed by atoms with van der Waals surface area (Å²) in [5.74, 6) is 0.567. The second-order valence-electron chi connectivity index (χ2n) is 4.06. The maximum atomic E-state index is 11.5. The molecule has 18 heavy (non-hydrogen) atoms. The van der Waals surface area contributed by atoms with E-state index in [1.807, 2.05) is 19.0 Å². The fourth-order valence-electron chi connectivity index (χ4n) is 1.32. The minimum Gasteiger partial charge on any atom is -0.490 e. The average Bonchev–Trinajstić information content (AvgIpc) is 2.34. The molecule has 0 saturated heterocycles. The Morgan fingerprint density at radius 1 is 1.44 bits per heavy atom. The molecule has 1 aromatic rings. The highest BCUT2D eigenvalue weighted by Gasteiger charge is 2.16. The van der Waals surface area contributed by atoms with Crippen LogP contribution in [-0.4, -0.2) is 44.2 Å². The highest BCUT2D eigenvalue weighted by molar-refractivity contribution is 5.17. The van der Waals surface area contributed by atoms with Crippen LogP contribution in [-0.2, 0) is 6.54 Å². The molecule has 1 heterocycles. The van der Waals surface area contributed by atoms with Gasteiger partial charge in [-0.15, -0.1) is 0 Å². The normalized spacial score (nSPS) is 10.2. The fourth-order valence-corrected chi connectivity index (χ4v) is 1.32. The van der Waals surface area contributed by atoms with Crippen LogP contribution >= 0.6 is 0 Å². The van der Waals surface area contributed by atoms with E-state index in [4.69, 9.17) is 14.5 Å². The van der Waals surface area contributed by atoms with Crippen molar-refractivity contribution in [2.24, 2.45) is 0 Å². The van der Waals surface area contributed by atoms with Crippen LogP contribution in [0.4, 0.5) is 0 Å². The van der Waals surface area contributed by atoms with Gasteiger partial charge < -0.3 is 14.1 Å². The molecule has 0 aliphatic heterocycles. The molecule has 0 radical (unpaired) electrons. The predicted octanol–water partition coefficient (Wildman–Crippen LogP) is 0.780. The van der Waals surface area contributed by atoms with Crippen LogP contribution in [0.2, 0.25) is 0 Å². The lowest BCUT2D eigenvalue weighted by molar-refractivity contribution is 0.271. The fraction of sp³-hybridized carbons (Fsp3) is 0.545. The lowest BCUT2D eigenvalue weighted by atomic mass is 10.3. The third kappa shape index (κ3) is 4.07. The third-order valence-corrected chi connectivity index (χ3v) is 2.34. The molecule has 1 rings (SSSR count). The van der Waals surface area contributed by atoms with Crippen LogP contribution in [0.25, 0.3) is 5.08 Å². The van der Waals surface area contributed by atoms with Crippen molar-refractivity contribution in [1.82, 2.24) is 9.91 Å². The van der Waals surface area contributed by atoms with Gasteiger partial charge in [-0.05, 0) is 19.1 Å². The minimum atomic E-state index is -0.260. The van der Waals surface area contributed by atoms with Crippen LogP contribution in [0, 0.1) is 5.39 Å². The second kappa shape index (κ2) is 6.61. The summed E-state index contributed by atoms with van der Waals surface area (Å²) >= 11 is 0. The number of ether oxygens (including phenoxy) is 1. The van der Waals surface area contributed by atoms with E-state index in [1.54, 1.807) is 0 Å². The Hall–Kier alpha value is -2.07. The number of nitrogens with zero attached hydrogens (tertiary/aromatic N) is 4. The molecular formula is C11H17N4O3+. The molecule has 0 bridgehead atoms. The molecule has 98 valence electrons. The van der Waals surface area contributed by atoms with Gasteiger partial charge in [0.25, 0.3) is 5.39 Å². The smallest absolute Gasteiger partial charge is 0.305 e. The number of methoxy groups -OCH3 is 1. The summed E-state index contributed by atoms with van der Waals surface area (Å²) in [6.07, 6.45) is 1.25. The molecule has 0 N–H and O–H groups in total. The molecule has 7 heteroatoms. The van der Waals surface area contributed by atoms with E-state index in [0.717, 1.165) is 6.54 Å². The van der Waals surface area contributed by atoms with Crippen molar-refractivity contribution in [1.29, 1.82) is 5.39 Å². The Labute approximate surface area is 105 Å². The van der Waals surface area contributed by atoms with Crippen molar-refractivity contribution in [2.75, 3.05) is 34.3 Å². The van der Waals surface area contributed by atoms with Crippen molar-refractivity contribution >= 4 is 0 Å². The molecule has 0 atom stereocenters. The van der Waals surface area contributed by atoms with Crippen LogP contribution in [0.1, 0.15) is 5.76 Å². The summed E-state index contributed by atoms with van der Waals surface area (Å²) in [4.78, 5) is 13.5. The zero-order valence-electron chi connectivity index (χ0n) is 10.8. The molecular weight excluding hydrogens is 236 g/mol.